The second-order valence-corrected chi connectivity index (χ2v) is 6.24. The Labute approximate surface area is 157 Å². The van der Waals surface area contributed by atoms with Crippen molar-refractivity contribution in [2.24, 2.45) is 0 Å². The fraction of sp³-hybridized carbons (Fsp3) is 0.286. The van der Waals surface area contributed by atoms with Crippen molar-refractivity contribution in [2.45, 2.75) is 19.8 Å². The van der Waals surface area contributed by atoms with E-state index in [1.54, 1.807) is 12.1 Å². The molecular formula is C21H21NO5. The second-order valence-electron chi connectivity index (χ2n) is 6.24. The molecule has 6 nitrogen and oxygen atoms in total. The number of rotatable bonds is 6. The van der Waals surface area contributed by atoms with Crippen molar-refractivity contribution in [3.8, 4) is 5.75 Å². The van der Waals surface area contributed by atoms with E-state index in [-0.39, 0.29) is 22.9 Å². The topological polar surface area (TPSA) is 81.7 Å². The van der Waals surface area contributed by atoms with Gasteiger partial charge in [0.05, 0.1) is 12.7 Å². The van der Waals surface area contributed by atoms with E-state index in [1.165, 1.54) is 25.3 Å². The summed E-state index contributed by atoms with van der Waals surface area (Å²) in [5.74, 6) is -1.29. The van der Waals surface area contributed by atoms with Crippen molar-refractivity contribution >= 4 is 17.3 Å². The zero-order valence-electron chi connectivity index (χ0n) is 15.3. The van der Waals surface area contributed by atoms with Gasteiger partial charge in [0.25, 0.3) is 5.78 Å². The number of benzene rings is 1. The average molecular weight is 367 g/mol. The van der Waals surface area contributed by atoms with E-state index in [0.29, 0.717) is 11.3 Å². The Kier molecular flexibility index (Phi) is 5.66. The van der Waals surface area contributed by atoms with Crippen LogP contribution in [-0.4, -0.2) is 37.5 Å². The Hall–Kier alpha value is -2.99. The van der Waals surface area contributed by atoms with Crippen molar-refractivity contribution in [1.29, 1.82) is 0 Å². The number of ketones is 3. The van der Waals surface area contributed by atoms with Gasteiger partial charge in [-0.05, 0) is 61.9 Å². The zero-order valence-corrected chi connectivity index (χ0v) is 15.3. The van der Waals surface area contributed by atoms with E-state index < -0.39 is 11.6 Å². The molecule has 6 heteroatoms. The highest BCUT2D eigenvalue weighted by Crippen LogP contribution is 2.32. The van der Waals surface area contributed by atoms with Crippen molar-refractivity contribution in [3.63, 3.8) is 0 Å². The lowest BCUT2D eigenvalue weighted by molar-refractivity contribution is -0.115. The van der Waals surface area contributed by atoms with Crippen LogP contribution in [0.3, 0.4) is 0 Å². The monoisotopic (exact) mass is 367 g/mol. The summed E-state index contributed by atoms with van der Waals surface area (Å²) in [7, 11) is 1.37. The molecule has 0 aromatic heterocycles. The highest BCUT2D eigenvalue weighted by atomic mass is 16.5. The number of Topliss-reactive ketones (excluding diaryl/α,β-unsaturated/α-hetero) is 2. The first-order valence-electron chi connectivity index (χ1n) is 8.88. The van der Waals surface area contributed by atoms with Gasteiger partial charge in [-0.2, -0.15) is 0 Å². The minimum atomic E-state index is -0.733. The number of allylic oxidation sites excluding steroid dienone is 5. The quantitative estimate of drug-likeness (QED) is 0.472. The maximum absolute atomic E-state index is 12.5. The molecule has 3 rings (SSSR count). The second kappa shape index (κ2) is 8.14. The van der Waals surface area contributed by atoms with Crippen LogP contribution >= 0.6 is 0 Å². The van der Waals surface area contributed by atoms with E-state index in [0.717, 1.165) is 31.5 Å². The Morgan fingerprint density at radius 1 is 1.11 bits per heavy atom. The predicted molar refractivity (Wildman–Crippen MR) is 99.5 cm³/mol. The number of ether oxygens (including phenoxy) is 2. The average Bonchev–Trinajstić information content (AvgIpc) is 2.68. The number of nitrogens with one attached hydrogen (secondary N) is 1. The Morgan fingerprint density at radius 3 is 2.67 bits per heavy atom. The third-order valence-corrected chi connectivity index (χ3v) is 4.41. The van der Waals surface area contributed by atoms with Crippen LogP contribution < -0.4 is 10.1 Å². The molecule has 0 bridgehead atoms. The normalized spacial score (nSPS) is 18.9. The molecule has 1 aliphatic carbocycles. The molecule has 0 atom stereocenters. The minimum Gasteiger partial charge on any atom is -0.493 e. The number of fused-ring (bicyclic) bond motifs is 1. The first-order valence-corrected chi connectivity index (χ1v) is 8.88. The van der Waals surface area contributed by atoms with Crippen molar-refractivity contribution in [2.75, 3.05) is 20.2 Å². The Bertz CT molecular complexity index is 892. The van der Waals surface area contributed by atoms with Gasteiger partial charge in [0.2, 0.25) is 11.6 Å². The number of hydrogen-bond acceptors (Lipinski definition) is 6. The van der Waals surface area contributed by atoms with Crippen LogP contribution in [0.2, 0.25) is 0 Å². The van der Waals surface area contributed by atoms with Gasteiger partial charge >= 0.3 is 0 Å². The van der Waals surface area contributed by atoms with Crippen LogP contribution in [0.4, 0.5) is 0 Å². The summed E-state index contributed by atoms with van der Waals surface area (Å²) >= 11 is 0. The smallest absolute Gasteiger partial charge is 0.269 e. The van der Waals surface area contributed by atoms with Crippen LogP contribution in [0, 0.1) is 0 Å². The molecule has 0 radical (unpaired) electrons. The molecule has 1 aliphatic heterocycles. The predicted octanol–water partition coefficient (Wildman–Crippen LogP) is 2.30. The first kappa shape index (κ1) is 18.8. The largest absolute Gasteiger partial charge is 0.493 e. The zero-order chi connectivity index (χ0) is 19.4. The lowest BCUT2D eigenvalue weighted by Gasteiger charge is -2.20. The van der Waals surface area contributed by atoms with Crippen LogP contribution in [-0.2, 0) is 20.7 Å². The molecule has 0 saturated heterocycles. The number of hydrogen-bond donors (Lipinski definition) is 1. The van der Waals surface area contributed by atoms with Crippen molar-refractivity contribution < 1.29 is 23.9 Å². The highest BCUT2D eigenvalue weighted by molar-refractivity contribution is 6.50. The van der Waals surface area contributed by atoms with E-state index in [2.05, 4.69) is 12.2 Å². The molecule has 0 spiro atoms. The van der Waals surface area contributed by atoms with E-state index in [4.69, 9.17) is 9.47 Å². The third-order valence-electron chi connectivity index (χ3n) is 4.41. The molecule has 2 aliphatic rings. The molecule has 140 valence electrons. The maximum Gasteiger partial charge on any atom is 0.269 e. The fourth-order valence-corrected chi connectivity index (χ4v) is 2.97. The Morgan fingerprint density at radius 2 is 1.93 bits per heavy atom. The minimum absolute atomic E-state index is 0.0874. The van der Waals surface area contributed by atoms with Crippen LogP contribution in [0.5, 0.6) is 5.75 Å². The summed E-state index contributed by atoms with van der Waals surface area (Å²) < 4.78 is 10.8. The van der Waals surface area contributed by atoms with Gasteiger partial charge in [-0.3, -0.25) is 14.4 Å². The van der Waals surface area contributed by atoms with Gasteiger partial charge in [0.15, 0.2) is 11.5 Å². The van der Waals surface area contributed by atoms with E-state index in [9.17, 15) is 14.4 Å². The van der Waals surface area contributed by atoms with Gasteiger partial charge in [-0.15, -0.1) is 0 Å². The summed E-state index contributed by atoms with van der Waals surface area (Å²) in [4.78, 5) is 36.6. The number of aryl methyl sites for hydroxylation is 1. The lowest BCUT2D eigenvalue weighted by atomic mass is 9.95. The summed E-state index contributed by atoms with van der Waals surface area (Å²) in [6.45, 7) is 3.89. The van der Waals surface area contributed by atoms with Gasteiger partial charge in [-0.1, -0.05) is 13.0 Å². The molecule has 0 amide bonds. The molecule has 27 heavy (non-hydrogen) atoms. The Balaban J connectivity index is 1.91. The summed E-state index contributed by atoms with van der Waals surface area (Å²) in [6, 6.07) is 5.28. The number of carbonyl (C=O) groups excluding carboxylic acids is 3. The van der Waals surface area contributed by atoms with Gasteiger partial charge in [0, 0.05) is 5.57 Å². The van der Waals surface area contributed by atoms with Gasteiger partial charge < -0.3 is 14.8 Å². The third kappa shape index (κ3) is 3.90. The van der Waals surface area contributed by atoms with E-state index in [1.807, 2.05) is 6.07 Å². The standard InChI is InChI=1S/C21H21NO5/c1-3-22-10-4-5-13-6-8-15-17(11-13)27-21(20(25)19(15)24)14-7-9-16(23)18(12-14)26-2/h6-9,11-12,22H,3-5,10H2,1-2H3. The molecule has 1 aromatic rings. The van der Waals surface area contributed by atoms with Crippen LogP contribution in [0.15, 0.2) is 53.5 Å². The molecule has 0 unspecified atom stereocenters. The summed E-state index contributed by atoms with van der Waals surface area (Å²) in [5, 5.41) is 3.27. The molecule has 1 heterocycles. The van der Waals surface area contributed by atoms with Crippen molar-refractivity contribution in [3.05, 3.63) is 64.6 Å². The van der Waals surface area contributed by atoms with E-state index >= 15 is 0 Å². The molecule has 1 aromatic carbocycles. The first-order chi connectivity index (χ1) is 13.0. The van der Waals surface area contributed by atoms with Gasteiger partial charge in [0.1, 0.15) is 5.75 Å². The highest BCUT2D eigenvalue weighted by Gasteiger charge is 2.33. The fourth-order valence-electron chi connectivity index (χ4n) is 2.97. The summed E-state index contributed by atoms with van der Waals surface area (Å²) in [6.07, 6.45) is 5.94. The molecule has 0 saturated carbocycles. The number of carbonyl (C=O) groups is 3. The van der Waals surface area contributed by atoms with Crippen LogP contribution in [0.25, 0.3) is 0 Å². The van der Waals surface area contributed by atoms with Gasteiger partial charge in [-0.25, -0.2) is 0 Å². The molecule has 1 N–H and O–H groups in total. The van der Waals surface area contributed by atoms with Crippen LogP contribution in [0.1, 0.15) is 29.3 Å². The van der Waals surface area contributed by atoms with Crippen molar-refractivity contribution in [1.82, 2.24) is 5.32 Å². The number of methoxy groups -OCH3 is 1. The summed E-state index contributed by atoms with van der Waals surface area (Å²) in [5.41, 5.74) is 1.63. The SMILES string of the molecule is CCNCCCc1ccc2c(c1)OC(=C1C=CC(=O)C(OC)=C1)C(=O)C2=O. The molecule has 0 fully saturated rings. The maximum atomic E-state index is 12.5. The lowest BCUT2D eigenvalue weighted by Crippen LogP contribution is -2.27. The molecular weight excluding hydrogens is 346 g/mol.